The molecular weight excluding hydrogens is 228 g/mol. The second-order valence-corrected chi connectivity index (χ2v) is 2.40. The lowest BCUT2D eigenvalue weighted by atomic mass is 10.3. The Morgan fingerprint density at radius 3 is 2.27 bits per heavy atom. The number of pyridine rings is 1. The smallest absolute Gasteiger partial charge is 0.388 e. The van der Waals surface area contributed by atoms with Gasteiger partial charge in [0, 0.05) is 12.1 Å². The predicted octanol–water partition coefficient (Wildman–Crippen LogP) is 3.06. The molecule has 0 aliphatic heterocycles. The lowest BCUT2D eigenvalue weighted by Crippen LogP contribution is -2.18. The molecular formula is C7H3F6NO. The standard InChI is InChI=1S/C7H3F6NO/c8-3-1-4(6(9)10)14-5(2-3)15-7(11,12)13/h1-2,6H. The van der Waals surface area contributed by atoms with Crippen molar-refractivity contribution in [1.82, 2.24) is 4.98 Å². The summed E-state index contributed by atoms with van der Waals surface area (Å²) in [7, 11) is 0. The van der Waals surface area contributed by atoms with Gasteiger partial charge in [-0.3, -0.25) is 0 Å². The van der Waals surface area contributed by atoms with Gasteiger partial charge in [0.25, 0.3) is 6.43 Å². The zero-order chi connectivity index (χ0) is 11.6. The van der Waals surface area contributed by atoms with Crippen LogP contribution in [-0.2, 0) is 0 Å². The van der Waals surface area contributed by atoms with E-state index in [2.05, 4.69) is 9.72 Å². The molecule has 0 unspecified atom stereocenters. The molecule has 0 fully saturated rings. The first-order chi connectivity index (χ1) is 6.78. The monoisotopic (exact) mass is 231 g/mol. The molecule has 2 nitrogen and oxygen atoms in total. The Morgan fingerprint density at radius 2 is 1.80 bits per heavy atom. The molecule has 0 aliphatic rings. The summed E-state index contributed by atoms with van der Waals surface area (Å²) in [6.45, 7) is 0. The minimum atomic E-state index is -5.10. The van der Waals surface area contributed by atoms with Crippen molar-refractivity contribution >= 4 is 0 Å². The van der Waals surface area contributed by atoms with E-state index in [0.717, 1.165) is 0 Å². The van der Waals surface area contributed by atoms with E-state index in [4.69, 9.17) is 0 Å². The summed E-state index contributed by atoms with van der Waals surface area (Å²) in [6.07, 6.45) is -8.27. The lowest BCUT2D eigenvalue weighted by Gasteiger charge is -2.08. The van der Waals surface area contributed by atoms with Gasteiger partial charge >= 0.3 is 6.36 Å². The predicted molar refractivity (Wildman–Crippen MR) is 35.8 cm³/mol. The Morgan fingerprint density at radius 1 is 1.20 bits per heavy atom. The normalized spacial score (nSPS) is 11.9. The minimum Gasteiger partial charge on any atom is -0.388 e. The number of hydrogen-bond acceptors (Lipinski definition) is 2. The Bertz CT molecular complexity index is 350. The third-order valence-corrected chi connectivity index (χ3v) is 1.23. The van der Waals surface area contributed by atoms with E-state index in [1.165, 1.54) is 0 Å². The van der Waals surface area contributed by atoms with E-state index in [1.807, 2.05) is 0 Å². The summed E-state index contributed by atoms with van der Waals surface area (Å²) in [5.41, 5.74) is -1.12. The molecule has 1 aromatic rings. The van der Waals surface area contributed by atoms with Crippen LogP contribution in [0.3, 0.4) is 0 Å². The van der Waals surface area contributed by atoms with Crippen LogP contribution in [-0.4, -0.2) is 11.3 Å². The van der Waals surface area contributed by atoms with Crippen LogP contribution in [0.1, 0.15) is 12.1 Å². The van der Waals surface area contributed by atoms with Crippen molar-refractivity contribution in [3.05, 3.63) is 23.6 Å². The topological polar surface area (TPSA) is 22.1 Å². The van der Waals surface area contributed by atoms with E-state index in [1.54, 1.807) is 0 Å². The van der Waals surface area contributed by atoms with Crippen molar-refractivity contribution in [2.75, 3.05) is 0 Å². The highest BCUT2D eigenvalue weighted by Gasteiger charge is 2.32. The Hall–Kier alpha value is -1.47. The van der Waals surface area contributed by atoms with Crippen LogP contribution in [0.4, 0.5) is 26.3 Å². The van der Waals surface area contributed by atoms with Gasteiger partial charge in [-0.2, -0.15) is 0 Å². The van der Waals surface area contributed by atoms with Crippen LogP contribution >= 0.6 is 0 Å². The van der Waals surface area contributed by atoms with Crippen LogP contribution in [0.25, 0.3) is 0 Å². The van der Waals surface area contributed by atoms with Gasteiger partial charge in [-0.05, 0) is 0 Å². The highest BCUT2D eigenvalue weighted by atomic mass is 19.4. The molecule has 0 aromatic carbocycles. The van der Waals surface area contributed by atoms with Crippen molar-refractivity contribution in [1.29, 1.82) is 0 Å². The SMILES string of the molecule is Fc1cc(OC(F)(F)F)nc(C(F)F)c1. The van der Waals surface area contributed by atoms with Crippen molar-refractivity contribution < 1.29 is 31.1 Å². The average molecular weight is 231 g/mol. The van der Waals surface area contributed by atoms with Crippen molar-refractivity contribution in [3.8, 4) is 5.88 Å². The van der Waals surface area contributed by atoms with E-state index >= 15 is 0 Å². The molecule has 0 radical (unpaired) electrons. The lowest BCUT2D eigenvalue weighted by molar-refractivity contribution is -0.276. The molecule has 0 N–H and O–H groups in total. The molecule has 0 saturated heterocycles. The second-order valence-electron chi connectivity index (χ2n) is 2.40. The largest absolute Gasteiger partial charge is 0.574 e. The van der Waals surface area contributed by atoms with Crippen molar-refractivity contribution in [2.45, 2.75) is 12.8 Å². The second kappa shape index (κ2) is 3.95. The van der Waals surface area contributed by atoms with Crippen molar-refractivity contribution in [3.63, 3.8) is 0 Å². The van der Waals surface area contributed by atoms with Crippen LogP contribution in [0.2, 0.25) is 0 Å². The summed E-state index contributed by atoms with van der Waals surface area (Å²) in [6, 6.07) is 0.591. The van der Waals surface area contributed by atoms with Crippen LogP contribution in [0, 0.1) is 5.82 Å². The first kappa shape index (κ1) is 11.6. The fraction of sp³-hybridized carbons (Fsp3) is 0.286. The number of alkyl halides is 5. The number of halogens is 6. The molecule has 0 spiro atoms. The maximum absolute atomic E-state index is 12.5. The van der Waals surface area contributed by atoms with E-state index in [9.17, 15) is 26.3 Å². The third-order valence-electron chi connectivity index (χ3n) is 1.23. The molecule has 1 aromatic heterocycles. The highest BCUT2D eigenvalue weighted by molar-refractivity contribution is 5.18. The van der Waals surface area contributed by atoms with Gasteiger partial charge in [-0.25, -0.2) is 18.2 Å². The van der Waals surface area contributed by atoms with Crippen LogP contribution in [0.15, 0.2) is 12.1 Å². The number of hydrogen-bond donors (Lipinski definition) is 0. The quantitative estimate of drug-likeness (QED) is 0.729. The molecule has 0 amide bonds. The number of ether oxygens (including phenoxy) is 1. The number of nitrogens with zero attached hydrogens (tertiary/aromatic N) is 1. The zero-order valence-corrected chi connectivity index (χ0v) is 6.86. The van der Waals surface area contributed by atoms with Gasteiger partial charge in [0.2, 0.25) is 5.88 Å². The van der Waals surface area contributed by atoms with Gasteiger partial charge in [-0.1, -0.05) is 0 Å². The van der Waals surface area contributed by atoms with Crippen LogP contribution < -0.4 is 4.74 Å². The Labute approximate surface area is 79.5 Å². The summed E-state index contributed by atoms with van der Waals surface area (Å²) in [5.74, 6) is -2.53. The maximum atomic E-state index is 12.5. The maximum Gasteiger partial charge on any atom is 0.574 e. The zero-order valence-electron chi connectivity index (χ0n) is 6.86. The summed E-state index contributed by atoms with van der Waals surface area (Å²) < 4.78 is 74.6. The van der Waals surface area contributed by atoms with Gasteiger partial charge in [0.05, 0.1) is 0 Å². The first-order valence-corrected chi connectivity index (χ1v) is 3.49. The Balaban J connectivity index is 2.99. The Kier molecular flexibility index (Phi) is 3.06. The molecule has 84 valence electrons. The molecule has 0 bridgehead atoms. The molecule has 1 rings (SSSR count). The molecule has 0 aliphatic carbocycles. The van der Waals surface area contributed by atoms with Gasteiger partial charge in [0.15, 0.2) is 0 Å². The summed E-state index contributed by atoms with van der Waals surface area (Å²) >= 11 is 0. The van der Waals surface area contributed by atoms with E-state index < -0.39 is 30.2 Å². The fourth-order valence-corrected chi connectivity index (χ4v) is 0.775. The molecule has 0 saturated carbocycles. The average Bonchev–Trinajstić information content (AvgIpc) is 1.99. The molecule has 8 heteroatoms. The van der Waals surface area contributed by atoms with Crippen LogP contribution in [0.5, 0.6) is 5.88 Å². The highest BCUT2D eigenvalue weighted by Crippen LogP contribution is 2.25. The number of aromatic nitrogens is 1. The van der Waals surface area contributed by atoms with Gasteiger partial charge < -0.3 is 4.74 Å². The minimum absolute atomic E-state index is 0.263. The summed E-state index contributed by atoms with van der Waals surface area (Å²) in [4.78, 5) is 2.79. The molecule has 15 heavy (non-hydrogen) atoms. The van der Waals surface area contributed by atoms with E-state index in [-0.39, 0.29) is 6.07 Å². The molecule has 0 atom stereocenters. The first-order valence-electron chi connectivity index (χ1n) is 3.49. The molecule has 1 heterocycles. The van der Waals surface area contributed by atoms with Gasteiger partial charge in [0.1, 0.15) is 11.5 Å². The fourth-order valence-electron chi connectivity index (χ4n) is 0.775. The van der Waals surface area contributed by atoms with Crippen molar-refractivity contribution in [2.24, 2.45) is 0 Å². The van der Waals surface area contributed by atoms with Gasteiger partial charge in [-0.15, -0.1) is 13.2 Å². The third kappa shape index (κ3) is 3.64. The number of rotatable bonds is 2. The van der Waals surface area contributed by atoms with E-state index in [0.29, 0.717) is 6.07 Å². The summed E-state index contributed by atoms with van der Waals surface area (Å²) in [5, 5.41) is 0.